The van der Waals surface area contributed by atoms with E-state index >= 15 is 0 Å². The second kappa shape index (κ2) is 14.9. The Morgan fingerprint density at radius 3 is 1.84 bits per heavy atom. The van der Waals surface area contributed by atoms with E-state index in [4.69, 9.17) is 4.42 Å². The van der Waals surface area contributed by atoms with Crippen LogP contribution in [-0.4, -0.2) is 17.2 Å². The molecule has 1 atom stereocenters. The summed E-state index contributed by atoms with van der Waals surface area (Å²) in [5, 5.41) is 31.0. The molecule has 0 aliphatic heterocycles. The third kappa shape index (κ3) is 5.67. The number of rotatable bonds is 8. The van der Waals surface area contributed by atoms with Crippen LogP contribution in [0.1, 0.15) is 18.1 Å². The highest BCUT2D eigenvalue weighted by molar-refractivity contribution is 7.16. The minimum absolute atomic E-state index is 0.575. The second-order valence-electron chi connectivity index (χ2n) is 15.9. The third-order valence-corrected chi connectivity index (χ3v) is 17.4. The van der Waals surface area contributed by atoms with E-state index in [0.717, 1.165) is 76.9 Å². The molecule has 0 aliphatic carbocycles. The van der Waals surface area contributed by atoms with E-state index in [-0.39, 0.29) is 0 Å². The molecule has 11 rings (SSSR count). The Bertz CT molecular complexity index is 3720. The Morgan fingerprint density at radius 2 is 1.14 bits per heavy atom. The maximum absolute atomic E-state index is 9.88. The Balaban J connectivity index is 1.16. The topological polar surface area (TPSA) is 70.6 Å². The van der Waals surface area contributed by atoms with Gasteiger partial charge in [-0.2, -0.15) is 10.5 Å². The van der Waals surface area contributed by atoms with Crippen molar-refractivity contribution in [2.24, 2.45) is 0 Å². The Labute approximate surface area is 365 Å². The van der Waals surface area contributed by atoms with Gasteiger partial charge in [0.15, 0.2) is 8.07 Å². The number of fused-ring (bicyclic) bond motifs is 10. The first-order valence-electron chi connectivity index (χ1n) is 21.0. The van der Waals surface area contributed by atoms with Gasteiger partial charge in [-0.15, -0.1) is 0 Å². The fourth-order valence-corrected chi connectivity index (χ4v) is 14.8. The summed E-state index contributed by atoms with van der Waals surface area (Å²) < 4.78 is 11.2. The average molecular weight is 823 g/mol. The molecule has 1 unspecified atom stereocenters. The minimum Gasteiger partial charge on any atom is -0.455 e. The zero-order valence-electron chi connectivity index (χ0n) is 34.5. The van der Waals surface area contributed by atoms with Gasteiger partial charge in [0.05, 0.1) is 50.7 Å². The van der Waals surface area contributed by atoms with Gasteiger partial charge in [0.1, 0.15) is 11.2 Å². The molecule has 0 aliphatic rings. The van der Waals surface area contributed by atoms with Crippen LogP contribution < -0.4 is 15.6 Å². The standard InChI is InChI=1S/C57H38N4OSi/c1-3-13-42(14-4-2)63(43-16-6-5-7-17-43,45-18-12-15-41(35-45)61-52-30-23-38(36-58)33-49(52)50-34-39(37-59)24-31-53(50)61)44-27-25-40(26-28-44)60-51-21-10-8-20-48(51)56-54(60)32-29-47-46-19-9-11-22-55(46)62-57(47)56/h3-35H,1H2,2H3/b14-4-,42-13+. The summed E-state index contributed by atoms with van der Waals surface area (Å²) in [6.07, 6.45) is 8.46. The van der Waals surface area contributed by atoms with Crippen LogP contribution in [0.3, 0.4) is 0 Å². The summed E-state index contributed by atoms with van der Waals surface area (Å²) in [5.41, 5.74) is 9.13. The van der Waals surface area contributed by atoms with Gasteiger partial charge in [0.25, 0.3) is 0 Å². The predicted molar refractivity (Wildman–Crippen MR) is 262 cm³/mol. The number of hydrogen-bond acceptors (Lipinski definition) is 3. The van der Waals surface area contributed by atoms with Crippen LogP contribution in [0.5, 0.6) is 0 Å². The Hall–Kier alpha value is -8.42. The molecule has 3 aromatic heterocycles. The van der Waals surface area contributed by atoms with Gasteiger partial charge < -0.3 is 13.6 Å². The normalized spacial score (nSPS) is 13.0. The number of aromatic nitrogens is 2. The van der Waals surface area contributed by atoms with E-state index in [2.05, 4.69) is 180 Å². The molecular weight excluding hydrogens is 785 g/mol. The minimum atomic E-state index is -3.09. The molecule has 0 radical (unpaired) electrons. The number of furan rings is 1. The van der Waals surface area contributed by atoms with Crippen LogP contribution in [-0.2, 0) is 0 Å². The molecule has 0 amide bonds. The average Bonchev–Trinajstić information content (AvgIpc) is 4.00. The van der Waals surface area contributed by atoms with E-state index in [9.17, 15) is 10.5 Å². The number of nitriles is 2. The number of para-hydroxylation sites is 2. The molecule has 0 saturated heterocycles. The summed E-state index contributed by atoms with van der Waals surface area (Å²) >= 11 is 0. The highest BCUT2D eigenvalue weighted by Gasteiger charge is 2.42. The smallest absolute Gasteiger partial charge is 0.179 e. The second-order valence-corrected chi connectivity index (χ2v) is 19.7. The molecule has 0 fully saturated rings. The van der Waals surface area contributed by atoms with Crippen LogP contribution in [0.4, 0.5) is 0 Å². The lowest BCUT2D eigenvalue weighted by molar-refractivity contribution is 0.673. The molecule has 0 bridgehead atoms. The van der Waals surface area contributed by atoms with Crippen molar-refractivity contribution in [3.8, 4) is 23.5 Å². The van der Waals surface area contributed by atoms with Gasteiger partial charge in [0, 0.05) is 38.3 Å². The van der Waals surface area contributed by atoms with Crippen molar-refractivity contribution < 1.29 is 4.42 Å². The van der Waals surface area contributed by atoms with Crippen molar-refractivity contribution in [2.45, 2.75) is 6.92 Å². The van der Waals surface area contributed by atoms with E-state index in [0.29, 0.717) is 11.1 Å². The zero-order valence-corrected chi connectivity index (χ0v) is 35.5. The largest absolute Gasteiger partial charge is 0.455 e. The molecule has 5 nitrogen and oxygen atoms in total. The van der Waals surface area contributed by atoms with Crippen molar-refractivity contribution in [1.82, 2.24) is 9.13 Å². The number of hydrogen-bond donors (Lipinski definition) is 0. The molecule has 11 aromatic rings. The van der Waals surface area contributed by atoms with Gasteiger partial charge in [0.2, 0.25) is 0 Å². The Morgan fingerprint density at radius 1 is 0.540 bits per heavy atom. The molecule has 0 saturated carbocycles. The van der Waals surface area contributed by atoms with Gasteiger partial charge in [-0.3, -0.25) is 0 Å². The molecule has 6 heteroatoms. The van der Waals surface area contributed by atoms with E-state index in [1.165, 1.54) is 20.8 Å². The summed E-state index contributed by atoms with van der Waals surface area (Å²) in [6.45, 7) is 6.30. The molecule has 3 heterocycles. The molecule has 63 heavy (non-hydrogen) atoms. The highest BCUT2D eigenvalue weighted by Crippen LogP contribution is 2.40. The third-order valence-electron chi connectivity index (χ3n) is 12.6. The molecule has 0 N–H and O–H groups in total. The summed E-state index contributed by atoms with van der Waals surface area (Å²) in [5.74, 6) is 0. The fraction of sp³-hybridized carbons (Fsp3) is 0.0175. The van der Waals surface area contributed by atoms with Crippen molar-refractivity contribution in [3.63, 3.8) is 0 Å². The van der Waals surface area contributed by atoms with Crippen molar-refractivity contribution in [1.29, 1.82) is 10.5 Å². The first-order chi connectivity index (χ1) is 31.1. The molecule has 0 spiro atoms. The molecule has 8 aromatic carbocycles. The summed E-state index contributed by atoms with van der Waals surface area (Å²) in [7, 11) is -3.09. The first kappa shape index (κ1) is 37.6. The number of allylic oxidation sites excluding steroid dienone is 5. The lowest BCUT2D eigenvalue weighted by Gasteiger charge is -2.35. The predicted octanol–water partition coefficient (Wildman–Crippen LogP) is 12.2. The van der Waals surface area contributed by atoms with Crippen molar-refractivity contribution in [2.75, 3.05) is 0 Å². The monoisotopic (exact) mass is 822 g/mol. The van der Waals surface area contributed by atoms with Crippen molar-refractivity contribution >= 4 is 89.2 Å². The first-order valence-corrected chi connectivity index (χ1v) is 23.0. The van der Waals surface area contributed by atoms with E-state index in [1.54, 1.807) is 0 Å². The summed E-state index contributed by atoms with van der Waals surface area (Å²) in [6, 6.07) is 66.6. The van der Waals surface area contributed by atoms with Gasteiger partial charge >= 0.3 is 0 Å². The summed E-state index contributed by atoms with van der Waals surface area (Å²) in [4.78, 5) is 0. The van der Waals surface area contributed by atoms with Crippen LogP contribution in [0.25, 0.3) is 76.9 Å². The van der Waals surface area contributed by atoms with Crippen LogP contribution in [0.15, 0.2) is 216 Å². The van der Waals surface area contributed by atoms with Gasteiger partial charge in [-0.1, -0.05) is 122 Å². The fourth-order valence-electron chi connectivity index (χ4n) is 9.99. The quantitative estimate of drug-likeness (QED) is 0.0870. The molecule has 296 valence electrons. The highest BCUT2D eigenvalue weighted by atomic mass is 28.3. The van der Waals surface area contributed by atoms with Crippen molar-refractivity contribution in [3.05, 3.63) is 223 Å². The zero-order chi connectivity index (χ0) is 42.7. The van der Waals surface area contributed by atoms with Crippen LogP contribution >= 0.6 is 0 Å². The van der Waals surface area contributed by atoms with Gasteiger partial charge in [-0.25, -0.2) is 0 Å². The molecular formula is C57H38N4OSi. The van der Waals surface area contributed by atoms with E-state index in [1.807, 2.05) is 54.6 Å². The maximum atomic E-state index is 9.88. The SMILES string of the molecule is C=C/C=C(\C=C/C)[Si](c1ccccc1)(c1ccc(-n2c3ccccc3c3c4oc5ccccc5c4ccc32)cc1)c1cccc(-n2c3ccc(C#N)cc3c3cc(C#N)ccc32)c1. The van der Waals surface area contributed by atoms with Crippen LogP contribution in [0.2, 0.25) is 0 Å². The number of benzene rings is 8. The lowest BCUT2D eigenvalue weighted by Crippen LogP contribution is -2.68. The lowest BCUT2D eigenvalue weighted by atomic mass is 10.1. The van der Waals surface area contributed by atoms with E-state index < -0.39 is 8.07 Å². The maximum Gasteiger partial charge on any atom is 0.179 e. The van der Waals surface area contributed by atoms with Crippen LogP contribution in [0, 0.1) is 22.7 Å². The number of nitrogens with zero attached hydrogens (tertiary/aromatic N) is 4. The van der Waals surface area contributed by atoms with Gasteiger partial charge in [-0.05, 0) is 113 Å². The Kier molecular flexibility index (Phi) is 8.91.